The van der Waals surface area contributed by atoms with Crippen LogP contribution in [0.25, 0.3) is 0 Å². The molecule has 0 aliphatic carbocycles. The molecular weight excluding hydrogens is 500 g/mol. The molecule has 10 heteroatoms. The van der Waals surface area contributed by atoms with Crippen molar-refractivity contribution in [1.29, 1.82) is 0 Å². The minimum atomic E-state index is -3.15. The Balaban J connectivity index is 1.60. The molecule has 6 nitrogen and oxygen atoms in total. The summed E-state index contributed by atoms with van der Waals surface area (Å²) in [5.74, 6) is 0.194. The van der Waals surface area contributed by atoms with Crippen molar-refractivity contribution in [3.63, 3.8) is 0 Å². The fourth-order valence-electron chi connectivity index (χ4n) is 3.32. The van der Waals surface area contributed by atoms with Crippen LogP contribution in [0.2, 0.25) is 5.02 Å². The van der Waals surface area contributed by atoms with E-state index in [4.69, 9.17) is 16.3 Å². The average molecular weight is 516 g/mol. The van der Waals surface area contributed by atoms with E-state index in [0.29, 0.717) is 21.6 Å². The highest BCUT2D eigenvalue weighted by atomic mass is 79.9. The minimum Gasteiger partial charge on any atom is -0.484 e. The van der Waals surface area contributed by atoms with Gasteiger partial charge in [-0.1, -0.05) is 57.5 Å². The van der Waals surface area contributed by atoms with Gasteiger partial charge in [-0.25, -0.2) is 8.42 Å². The molecule has 0 saturated carbocycles. The number of hydrogen-bond donors (Lipinski definition) is 0. The summed E-state index contributed by atoms with van der Waals surface area (Å²) in [6.45, 7) is -0.205. The zero-order valence-electron chi connectivity index (χ0n) is 15.0. The largest absolute Gasteiger partial charge is 0.484 e. The van der Waals surface area contributed by atoms with Gasteiger partial charge in [0.15, 0.2) is 21.6 Å². The highest BCUT2D eigenvalue weighted by Gasteiger charge is 2.49. The molecule has 29 heavy (non-hydrogen) atoms. The van der Waals surface area contributed by atoms with Crippen molar-refractivity contribution in [2.24, 2.45) is 4.99 Å². The van der Waals surface area contributed by atoms with Crippen molar-refractivity contribution in [3.8, 4) is 5.75 Å². The second-order valence-corrected chi connectivity index (χ2v) is 11.3. The number of aliphatic imine (C=N–C) groups is 1. The van der Waals surface area contributed by atoms with Gasteiger partial charge >= 0.3 is 0 Å². The normalized spacial score (nSPS) is 23.9. The topological polar surface area (TPSA) is 76.0 Å². The number of para-hydroxylation sites is 1. The molecule has 2 aliphatic rings. The van der Waals surface area contributed by atoms with Crippen LogP contribution in [0.15, 0.2) is 58.0 Å². The highest BCUT2D eigenvalue weighted by Crippen LogP contribution is 2.43. The quantitative estimate of drug-likeness (QED) is 0.617. The molecule has 152 valence electrons. The van der Waals surface area contributed by atoms with Gasteiger partial charge in [0.05, 0.1) is 28.3 Å². The predicted molar refractivity (Wildman–Crippen MR) is 120 cm³/mol. The maximum Gasteiger partial charge on any atom is 0.285 e. The van der Waals surface area contributed by atoms with E-state index in [2.05, 4.69) is 20.9 Å². The Kier molecular flexibility index (Phi) is 5.92. The second kappa shape index (κ2) is 8.29. The Morgan fingerprint density at radius 2 is 2.00 bits per heavy atom. The number of sulfone groups is 1. The van der Waals surface area contributed by atoms with Crippen molar-refractivity contribution in [3.05, 3.63) is 58.0 Å². The van der Waals surface area contributed by atoms with E-state index >= 15 is 0 Å². The zero-order chi connectivity index (χ0) is 20.6. The van der Waals surface area contributed by atoms with Crippen molar-refractivity contribution < 1.29 is 17.9 Å². The molecule has 2 aliphatic heterocycles. The Hall–Kier alpha value is -1.55. The van der Waals surface area contributed by atoms with Crippen LogP contribution in [-0.4, -0.2) is 48.9 Å². The monoisotopic (exact) mass is 514 g/mol. The molecule has 0 aromatic heterocycles. The van der Waals surface area contributed by atoms with Crippen LogP contribution in [0.5, 0.6) is 5.75 Å². The molecule has 0 N–H and O–H groups in total. The molecule has 2 fully saturated rings. The van der Waals surface area contributed by atoms with Crippen LogP contribution in [0.4, 0.5) is 5.69 Å². The number of ether oxygens (including phenoxy) is 1. The summed E-state index contributed by atoms with van der Waals surface area (Å²) >= 11 is 11.1. The minimum absolute atomic E-state index is 0.00475. The number of amidine groups is 1. The van der Waals surface area contributed by atoms with E-state index in [9.17, 15) is 13.2 Å². The number of rotatable bonds is 4. The summed E-state index contributed by atoms with van der Waals surface area (Å²) in [6.07, 6.45) is 0. The Bertz CT molecular complexity index is 1080. The molecular formula is C19H16BrClN2O4S2. The lowest BCUT2D eigenvalue weighted by molar-refractivity contribution is -0.119. The molecule has 2 heterocycles. The van der Waals surface area contributed by atoms with Crippen LogP contribution in [0, 0.1) is 0 Å². The van der Waals surface area contributed by atoms with Crippen LogP contribution < -0.4 is 9.64 Å². The Morgan fingerprint density at radius 1 is 1.24 bits per heavy atom. The predicted octanol–water partition coefficient (Wildman–Crippen LogP) is 3.78. The number of carbonyl (C=O) groups excluding carboxylic acids is 1. The van der Waals surface area contributed by atoms with Gasteiger partial charge < -0.3 is 9.64 Å². The SMILES string of the molecule is O=C(COc1ccccc1)N=C1S[C@H]2CS(=O)(=O)C[C@H]2N1c1ccc(Br)cc1Cl. The number of carbonyl (C=O) groups is 1. The van der Waals surface area contributed by atoms with Gasteiger partial charge in [-0.3, -0.25) is 4.79 Å². The van der Waals surface area contributed by atoms with Crippen LogP contribution >= 0.6 is 39.3 Å². The molecule has 2 aromatic rings. The number of thioether (sulfide) groups is 1. The number of anilines is 1. The maximum absolute atomic E-state index is 12.4. The Labute approximate surface area is 186 Å². The molecule has 2 saturated heterocycles. The summed E-state index contributed by atoms with van der Waals surface area (Å²) in [7, 11) is -3.15. The second-order valence-electron chi connectivity index (χ2n) is 6.66. The summed E-state index contributed by atoms with van der Waals surface area (Å²) in [5.41, 5.74) is 0.627. The Morgan fingerprint density at radius 3 is 2.72 bits per heavy atom. The van der Waals surface area contributed by atoms with Crippen molar-refractivity contribution >= 4 is 65.9 Å². The average Bonchev–Trinajstić information content (AvgIpc) is 3.12. The van der Waals surface area contributed by atoms with Crippen molar-refractivity contribution in [2.75, 3.05) is 23.0 Å². The lowest BCUT2D eigenvalue weighted by atomic mass is 10.2. The molecule has 0 unspecified atom stereocenters. The van der Waals surface area contributed by atoms with Gasteiger partial charge in [0.1, 0.15) is 5.75 Å². The standard InChI is InChI=1S/C19H16BrClN2O4S2/c20-12-6-7-15(14(21)8-12)23-16-10-29(25,26)11-17(16)28-19(23)22-18(24)9-27-13-4-2-1-3-5-13/h1-8,16-17H,9-11H2/t16-,17+/m1/s1. The van der Waals surface area contributed by atoms with Gasteiger partial charge in [-0.15, -0.1) is 0 Å². The molecule has 2 aromatic carbocycles. The summed E-state index contributed by atoms with van der Waals surface area (Å²) in [5, 5.41) is 0.702. The van der Waals surface area contributed by atoms with Crippen LogP contribution in [0.3, 0.4) is 0 Å². The van der Waals surface area contributed by atoms with E-state index < -0.39 is 15.7 Å². The number of benzene rings is 2. The molecule has 2 atom stereocenters. The van der Waals surface area contributed by atoms with E-state index in [0.717, 1.165) is 4.47 Å². The third-order valence-corrected chi connectivity index (χ3v) is 8.57. The molecule has 1 amide bonds. The van der Waals surface area contributed by atoms with Gasteiger partial charge in [-0.2, -0.15) is 4.99 Å². The van der Waals surface area contributed by atoms with Gasteiger partial charge in [0.2, 0.25) is 0 Å². The fraction of sp³-hybridized carbons (Fsp3) is 0.263. The van der Waals surface area contributed by atoms with E-state index in [1.165, 1.54) is 11.8 Å². The van der Waals surface area contributed by atoms with Gasteiger partial charge in [-0.05, 0) is 30.3 Å². The number of fused-ring (bicyclic) bond motifs is 1. The first-order chi connectivity index (χ1) is 13.8. The summed E-state index contributed by atoms with van der Waals surface area (Å²) in [4.78, 5) is 18.4. The first kappa shape index (κ1) is 20.7. The zero-order valence-corrected chi connectivity index (χ0v) is 19.0. The van der Waals surface area contributed by atoms with E-state index in [-0.39, 0.29) is 29.4 Å². The van der Waals surface area contributed by atoms with Crippen LogP contribution in [0.1, 0.15) is 0 Å². The smallest absolute Gasteiger partial charge is 0.285 e. The first-order valence-corrected chi connectivity index (χ1v) is 12.6. The maximum atomic E-state index is 12.4. The lowest BCUT2D eigenvalue weighted by Gasteiger charge is -2.25. The summed E-state index contributed by atoms with van der Waals surface area (Å²) < 4.78 is 30.6. The molecule has 0 spiro atoms. The van der Waals surface area contributed by atoms with E-state index in [1.807, 2.05) is 24.3 Å². The van der Waals surface area contributed by atoms with Crippen LogP contribution in [-0.2, 0) is 14.6 Å². The highest BCUT2D eigenvalue weighted by molar-refractivity contribution is 9.10. The molecule has 0 radical (unpaired) electrons. The number of amides is 1. The van der Waals surface area contributed by atoms with Crippen molar-refractivity contribution in [1.82, 2.24) is 0 Å². The van der Waals surface area contributed by atoms with E-state index in [1.54, 1.807) is 29.2 Å². The third-order valence-electron chi connectivity index (χ3n) is 4.56. The fourth-order valence-corrected chi connectivity index (χ4v) is 8.01. The van der Waals surface area contributed by atoms with Gasteiger partial charge in [0.25, 0.3) is 5.91 Å². The number of hydrogen-bond acceptors (Lipinski definition) is 5. The van der Waals surface area contributed by atoms with Crippen molar-refractivity contribution in [2.45, 2.75) is 11.3 Å². The van der Waals surface area contributed by atoms with Gasteiger partial charge in [0, 0.05) is 9.72 Å². The summed E-state index contributed by atoms with van der Waals surface area (Å²) in [6, 6.07) is 14.0. The third kappa shape index (κ3) is 4.63. The number of halogens is 2. The molecule has 4 rings (SSSR count). The number of nitrogens with zero attached hydrogens (tertiary/aromatic N) is 2. The first-order valence-electron chi connectivity index (χ1n) is 8.73. The molecule has 0 bridgehead atoms. The lowest BCUT2D eigenvalue weighted by Crippen LogP contribution is -2.38.